The van der Waals surface area contributed by atoms with Gasteiger partial charge in [0.1, 0.15) is 10.5 Å². The molecule has 0 atom stereocenters. The second-order valence-electron chi connectivity index (χ2n) is 3.52. The normalized spacial score (nSPS) is 11.3. The van der Waals surface area contributed by atoms with Crippen molar-refractivity contribution in [1.29, 1.82) is 0 Å². The zero-order valence-electron chi connectivity index (χ0n) is 9.51. The molecule has 0 aromatic rings. The summed E-state index contributed by atoms with van der Waals surface area (Å²) in [6, 6.07) is 0. The van der Waals surface area contributed by atoms with Crippen molar-refractivity contribution in [3.05, 3.63) is 0 Å². The maximum atomic E-state index is 9.82. The Morgan fingerprint density at radius 2 is 2.00 bits per heavy atom. The monoisotopic (exact) mass is 215 g/mol. The highest BCUT2D eigenvalue weighted by Crippen LogP contribution is 2.25. The van der Waals surface area contributed by atoms with Gasteiger partial charge in [-0.2, -0.15) is 0 Å². The quantitative estimate of drug-likeness (QED) is 0.265. The van der Waals surface area contributed by atoms with Crippen LogP contribution in [-0.4, -0.2) is 28.7 Å². The van der Waals surface area contributed by atoms with Crippen LogP contribution in [0.5, 0.6) is 0 Å². The topological polar surface area (TPSA) is 38.7 Å². The van der Waals surface area contributed by atoms with Crippen molar-refractivity contribution < 1.29 is 9.22 Å². The third-order valence-corrected chi connectivity index (χ3v) is 3.80. The zero-order chi connectivity index (χ0) is 10.9. The van der Waals surface area contributed by atoms with Crippen LogP contribution >= 0.6 is 0 Å². The van der Waals surface area contributed by atoms with Gasteiger partial charge in [-0.05, 0) is 32.1 Å². The average molecular weight is 215 g/mol. The maximum Gasteiger partial charge on any atom is 0.234 e. The number of hydrogen-bond donors (Lipinski definition) is 0. The Bertz CT molecular complexity index is 178. The molecule has 0 bridgehead atoms. The minimum absolute atomic E-state index is 0.0944. The van der Waals surface area contributed by atoms with E-state index in [1.807, 2.05) is 0 Å². The minimum atomic E-state index is 0.0944. The highest BCUT2D eigenvalue weighted by molar-refractivity contribution is 5.98. The van der Waals surface area contributed by atoms with Crippen LogP contribution in [0, 0.1) is 0 Å². The largest absolute Gasteiger partial charge is 0.422 e. The molecule has 0 saturated heterocycles. The first-order valence-electron chi connectivity index (χ1n) is 5.33. The third-order valence-electron chi connectivity index (χ3n) is 2.94. The van der Waals surface area contributed by atoms with Gasteiger partial charge in [-0.1, -0.05) is 13.8 Å². The number of nitrogens with zero attached hydrogens (tertiary/aromatic N) is 1. The molecular formula is C10H21NO2Si. The number of carbonyl (C=O) groups excluding carboxylic acids is 1. The number of aliphatic imine (C=N–C) groups is 1. The summed E-state index contributed by atoms with van der Waals surface area (Å²) in [5.74, 6) is 0. The van der Waals surface area contributed by atoms with Crippen LogP contribution in [-0.2, 0) is 9.22 Å². The number of unbranched alkanes of at least 4 members (excludes halogenated alkanes) is 1. The Labute approximate surface area is 89.5 Å². The molecule has 0 fully saturated rings. The fourth-order valence-electron chi connectivity index (χ4n) is 1.68. The molecule has 0 aliphatic rings. The highest BCUT2D eigenvalue weighted by atomic mass is 28.2. The summed E-state index contributed by atoms with van der Waals surface area (Å²) in [7, 11) is 0.800. The van der Waals surface area contributed by atoms with Gasteiger partial charge in [-0.15, -0.1) is 0 Å². The summed E-state index contributed by atoms with van der Waals surface area (Å²) < 4.78 is 5.67. The van der Waals surface area contributed by atoms with E-state index >= 15 is 0 Å². The molecule has 0 aromatic heterocycles. The Morgan fingerprint density at radius 1 is 1.36 bits per heavy atom. The molecule has 0 amide bonds. The summed E-state index contributed by atoms with van der Waals surface area (Å²) in [6.45, 7) is 4.95. The molecule has 3 nitrogen and oxygen atoms in total. The molecule has 0 rings (SSSR count). The molecule has 0 aromatic carbocycles. The Morgan fingerprint density at radius 3 is 2.43 bits per heavy atom. The molecule has 4 heteroatoms. The Kier molecular flexibility index (Phi) is 7.66. The first kappa shape index (κ1) is 13.6. The molecule has 0 radical (unpaired) electrons. The van der Waals surface area contributed by atoms with E-state index in [1.54, 1.807) is 6.08 Å². The van der Waals surface area contributed by atoms with Gasteiger partial charge in [0.25, 0.3) is 0 Å². The van der Waals surface area contributed by atoms with Crippen molar-refractivity contribution in [1.82, 2.24) is 0 Å². The summed E-state index contributed by atoms with van der Waals surface area (Å²) in [4.78, 5) is 13.4. The zero-order valence-corrected chi connectivity index (χ0v) is 11.5. The fourth-order valence-corrected chi connectivity index (χ4v) is 2.46. The number of rotatable bonds is 8. The van der Waals surface area contributed by atoms with E-state index < -0.39 is 0 Å². The van der Waals surface area contributed by atoms with E-state index in [9.17, 15) is 4.79 Å². The van der Waals surface area contributed by atoms with Crippen LogP contribution in [0.2, 0.25) is 0 Å². The van der Waals surface area contributed by atoms with Crippen molar-refractivity contribution in [3.8, 4) is 0 Å². The van der Waals surface area contributed by atoms with Crippen LogP contribution in [0.15, 0.2) is 4.99 Å². The highest BCUT2D eigenvalue weighted by Gasteiger charge is 2.23. The van der Waals surface area contributed by atoms with Crippen molar-refractivity contribution in [3.63, 3.8) is 0 Å². The van der Waals surface area contributed by atoms with Crippen LogP contribution in [0.4, 0.5) is 0 Å². The van der Waals surface area contributed by atoms with E-state index in [-0.39, 0.29) is 5.60 Å². The van der Waals surface area contributed by atoms with Gasteiger partial charge in [0, 0.05) is 0 Å². The molecular weight excluding hydrogens is 194 g/mol. The van der Waals surface area contributed by atoms with E-state index in [0.29, 0.717) is 6.54 Å². The van der Waals surface area contributed by atoms with Crippen LogP contribution in [0.25, 0.3) is 0 Å². The van der Waals surface area contributed by atoms with E-state index in [1.165, 1.54) is 0 Å². The van der Waals surface area contributed by atoms with E-state index in [0.717, 1.165) is 42.6 Å². The Hall–Kier alpha value is -0.443. The second kappa shape index (κ2) is 7.91. The van der Waals surface area contributed by atoms with Crippen molar-refractivity contribution in [2.24, 2.45) is 4.99 Å². The molecule has 82 valence electrons. The van der Waals surface area contributed by atoms with Crippen LogP contribution < -0.4 is 0 Å². The first-order chi connectivity index (χ1) is 6.74. The number of hydrogen-bond acceptors (Lipinski definition) is 3. The predicted octanol–water partition coefficient (Wildman–Crippen LogP) is 1.35. The first-order valence-corrected chi connectivity index (χ1v) is 6.15. The van der Waals surface area contributed by atoms with Crippen LogP contribution in [0.3, 0.4) is 0 Å². The third kappa shape index (κ3) is 4.70. The van der Waals surface area contributed by atoms with Gasteiger partial charge >= 0.3 is 0 Å². The lowest BCUT2D eigenvalue weighted by atomic mass is 9.91. The van der Waals surface area contributed by atoms with Gasteiger partial charge < -0.3 is 4.43 Å². The molecule has 0 aliphatic carbocycles. The lowest BCUT2D eigenvalue weighted by molar-refractivity contribution is 0.0587. The molecule has 0 unspecified atom stereocenters. The summed E-state index contributed by atoms with van der Waals surface area (Å²) in [5.41, 5.74) is 0.0944. The molecule has 0 heterocycles. The molecule has 0 aliphatic heterocycles. The van der Waals surface area contributed by atoms with Gasteiger partial charge in [-0.3, -0.25) is 0 Å². The maximum absolute atomic E-state index is 9.82. The standard InChI is InChI=1S/C10H21NO2Si/c1-3-10(4-2,13-14)7-5-6-8-11-9-12/h3-8H2,1-2,14H3. The van der Waals surface area contributed by atoms with Gasteiger partial charge in [0.2, 0.25) is 6.08 Å². The van der Waals surface area contributed by atoms with Crippen molar-refractivity contribution in [2.45, 2.75) is 51.6 Å². The molecule has 0 N–H and O–H groups in total. The Balaban J connectivity index is 3.76. The predicted molar refractivity (Wildman–Crippen MR) is 61.2 cm³/mol. The van der Waals surface area contributed by atoms with E-state index in [2.05, 4.69) is 18.8 Å². The van der Waals surface area contributed by atoms with E-state index in [4.69, 9.17) is 4.43 Å². The molecule has 0 spiro atoms. The molecule has 14 heavy (non-hydrogen) atoms. The lowest BCUT2D eigenvalue weighted by Gasteiger charge is -2.31. The SMILES string of the molecule is CCC(CC)(CCCCN=C=O)O[SiH3]. The van der Waals surface area contributed by atoms with Crippen LogP contribution in [0.1, 0.15) is 46.0 Å². The van der Waals surface area contributed by atoms with Gasteiger partial charge in [-0.25, -0.2) is 9.79 Å². The minimum Gasteiger partial charge on any atom is -0.422 e. The smallest absolute Gasteiger partial charge is 0.234 e. The van der Waals surface area contributed by atoms with Crippen molar-refractivity contribution in [2.75, 3.05) is 6.54 Å². The molecule has 0 saturated carbocycles. The van der Waals surface area contributed by atoms with Gasteiger partial charge in [0.05, 0.1) is 12.1 Å². The number of isocyanates is 1. The second-order valence-corrected chi connectivity index (χ2v) is 3.93. The average Bonchev–Trinajstić information content (AvgIpc) is 2.24. The fraction of sp³-hybridized carbons (Fsp3) is 0.900. The lowest BCUT2D eigenvalue weighted by Crippen LogP contribution is -2.30. The van der Waals surface area contributed by atoms with Crippen molar-refractivity contribution >= 4 is 16.6 Å². The summed E-state index contributed by atoms with van der Waals surface area (Å²) in [5, 5.41) is 0. The summed E-state index contributed by atoms with van der Waals surface area (Å²) >= 11 is 0. The summed E-state index contributed by atoms with van der Waals surface area (Å²) in [6.07, 6.45) is 6.82. The van der Waals surface area contributed by atoms with Gasteiger partial charge in [0.15, 0.2) is 0 Å².